The Morgan fingerprint density at radius 2 is 2.11 bits per heavy atom. The molecule has 0 bridgehead atoms. The Bertz CT molecular complexity index is 713. The number of primary amides is 1. The second-order valence-corrected chi connectivity index (χ2v) is 6.53. The zero-order valence-electron chi connectivity index (χ0n) is 15.7. The minimum absolute atomic E-state index is 0. The minimum Gasteiger partial charge on any atom is -0.493 e. The molecule has 0 radical (unpaired) electrons. The zero-order valence-corrected chi connectivity index (χ0v) is 16.5. The minimum atomic E-state index is -0.699. The molecular weight excluding hydrogens is 389 g/mol. The maximum atomic E-state index is 14.2. The Morgan fingerprint density at radius 3 is 2.79 bits per heavy atom. The van der Waals surface area contributed by atoms with Crippen molar-refractivity contribution in [3.05, 3.63) is 27.9 Å². The van der Waals surface area contributed by atoms with E-state index in [1.807, 2.05) is 0 Å². The van der Waals surface area contributed by atoms with E-state index >= 15 is 0 Å². The largest absolute Gasteiger partial charge is 0.493 e. The molecule has 0 aromatic heterocycles. The van der Waals surface area contributed by atoms with E-state index in [1.165, 1.54) is 6.07 Å². The van der Waals surface area contributed by atoms with E-state index in [0.29, 0.717) is 43.7 Å². The maximum absolute atomic E-state index is 14.2. The molecule has 8 nitrogen and oxygen atoms in total. The van der Waals surface area contributed by atoms with Gasteiger partial charge in [0.15, 0.2) is 0 Å². The highest BCUT2D eigenvalue weighted by Gasteiger charge is 2.25. The average Bonchev–Trinajstić information content (AvgIpc) is 3.12. The van der Waals surface area contributed by atoms with E-state index in [9.17, 15) is 9.18 Å². The van der Waals surface area contributed by atoms with Gasteiger partial charge >= 0.3 is 0 Å². The number of unbranched alkanes of at least 4 members (excludes halogenated alkanes) is 3. The summed E-state index contributed by atoms with van der Waals surface area (Å²) in [4.78, 5) is 14.3. The molecule has 1 aromatic rings. The van der Waals surface area contributed by atoms with Crippen LogP contribution in [0, 0.1) is 11.7 Å². The van der Waals surface area contributed by atoms with Gasteiger partial charge in [-0.25, -0.2) is 4.39 Å². The Balaban J connectivity index is 0.00000392. The van der Waals surface area contributed by atoms with Crippen molar-refractivity contribution < 1.29 is 18.7 Å². The van der Waals surface area contributed by atoms with Crippen LogP contribution in [0.3, 0.4) is 0 Å². The predicted octanol–water partition coefficient (Wildman–Crippen LogP) is 3.90. The molecule has 1 amide bonds. The van der Waals surface area contributed by atoms with E-state index in [-0.39, 0.29) is 42.3 Å². The highest BCUT2D eigenvalue weighted by molar-refractivity contribution is 5.85. The molecule has 1 atom stereocenters. The molecule has 1 aromatic carbocycles. The van der Waals surface area contributed by atoms with Gasteiger partial charge in [0.25, 0.3) is 0 Å². The van der Waals surface area contributed by atoms with Crippen LogP contribution in [0.1, 0.15) is 44.1 Å². The first-order chi connectivity index (χ1) is 13.1. The van der Waals surface area contributed by atoms with Crippen LogP contribution in [0.5, 0.6) is 11.5 Å². The molecule has 0 fully saturated rings. The number of ether oxygens (including phenoxy) is 2. The lowest BCUT2D eigenvalue weighted by atomic mass is 9.97. The molecule has 2 rings (SSSR count). The van der Waals surface area contributed by atoms with Gasteiger partial charge in [-0.15, -0.1) is 12.4 Å². The van der Waals surface area contributed by atoms with Crippen LogP contribution in [0.2, 0.25) is 0 Å². The SMILES string of the molecule is Cl.[N-]=[N+]=Nc1c(F)cc(OCCC(CCCCCCN)C(N)=O)c2c1OCC2. The first-order valence-electron chi connectivity index (χ1n) is 9.24. The Hall–Kier alpha value is -2.22. The summed E-state index contributed by atoms with van der Waals surface area (Å²) in [5.74, 6) is -0.748. The number of hydrogen-bond acceptors (Lipinski definition) is 5. The summed E-state index contributed by atoms with van der Waals surface area (Å²) in [6.45, 7) is 1.29. The molecule has 10 heteroatoms. The van der Waals surface area contributed by atoms with E-state index < -0.39 is 5.82 Å². The van der Waals surface area contributed by atoms with Crippen LogP contribution in [0.25, 0.3) is 10.4 Å². The predicted molar refractivity (Wildman–Crippen MR) is 107 cm³/mol. The number of carbonyl (C=O) groups is 1. The van der Waals surface area contributed by atoms with Gasteiger partial charge in [0, 0.05) is 28.9 Å². The summed E-state index contributed by atoms with van der Waals surface area (Å²) in [7, 11) is 0. The Kier molecular flexibility index (Phi) is 10.4. The summed E-state index contributed by atoms with van der Waals surface area (Å²) in [6.07, 6.45) is 5.65. The van der Waals surface area contributed by atoms with E-state index in [1.54, 1.807) is 0 Å². The Morgan fingerprint density at radius 1 is 1.36 bits per heavy atom. The lowest BCUT2D eigenvalue weighted by molar-refractivity contribution is -0.122. The lowest BCUT2D eigenvalue weighted by Crippen LogP contribution is -2.25. The third-order valence-corrected chi connectivity index (χ3v) is 4.65. The normalized spacial score (nSPS) is 12.9. The summed E-state index contributed by atoms with van der Waals surface area (Å²) in [5.41, 5.74) is 20.1. The number of fused-ring (bicyclic) bond motifs is 1. The molecule has 1 aliphatic heterocycles. The number of halogens is 2. The molecule has 4 N–H and O–H groups in total. The number of amides is 1. The third kappa shape index (κ3) is 6.44. The van der Waals surface area contributed by atoms with Gasteiger partial charge in [-0.2, -0.15) is 0 Å². The van der Waals surface area contributed by atoms with E-state index in [2.05, 4.69) is 10.0 Å². The number of hydrogen-bond donors (Lipinski definition) is 2. The number of nitrogens with zero attached hydrogens (tertiary/aromatic N) is 3. The fraction of sp³-hybridized carbons (Fsp3) is 0.611. The smallest absolute Gasteiger partial charge is 0.220 e. The monoisotopic (exact) mass is 415 g/mol. The van der Waals surface area contributed by atoms with Crippen molar-refractivity contribution in [2.75, 3.05) is 19.8 Å². The number of nitrogens with two attached hydrogens (primary N) is 2. The summed E-state index contributed by atoms with van der Waals surface area (Å²) < 4.78 is 25.3. The number of carbonyl (C=O) groups excluding carboxylic acids is 1. The van der Waals surface area contributed by atoms with Gasteiger partial charge in [-0.1, -0.05) is 24.4 Å². The number of rotatable bonds is 12. The fourth-order valence-corrected chi connectivity index (χ4v) is 3.18. The zero-order chi connectivity index (χ0) is 19.6. The molecular formula is C18H27ClFN5O3. The molecule has 1 aliphatic rings. The fourth-order valence-electron chi connectivity index (χ4n) is 3.18. The quantitative estimate of drug-likeness (QED) is 0.231. The molecule has 156 valence electrons. The van der Waals surface area contributed by atoms with Gasteiger partial charge in [0.05, 0.1) is 13.2 Å². The van der Waals surface area contributed by atoms with Crippen molar-refractivity contribution in [1.82, 2.24) is 0 Å². The molecule has 0 saturated heterocycles. The molecule has 1 heterocycles. The van der Waals surface area contributed by atoms with E-state index in [0.717, 1.165) is 25.7 Å². The second-order valence-electron chi connectivity index (χ2n) is 6.53. The molecule has 28 heavy (non-hydrogen) atoms. The van der Waals surface area contributed by atoms with Crippen molar-refractivity contribution >= 4 is 24.0 Å². The van der Waals surface area contributed by atoms with Crippen molar-refractivity contribution in [1.29, 1.82) is 0 Å². The highest BCUT2D eigenvalue weighted by atomic mass is 35.5. The van der Waals surface area contributed by atoms with Gasteiger partial charge < -0.3 is 20.9 Å². The first kappa shape index (κ1) is 23.8. The van der Waals surface area contributed by atoms with Crippen LogP contribution in [-0.4, -0.2) is 25.7 Å². The molecule has 0 spiro atoms. The standard InChI is InChI=1S/C18H26FN5O3.ClH/c19-14-11-15(13-7-10-27-17(13)16(14)23-24-22)26-9-6-12(18(21)25)5-3-1-2-4-8-20;/h11-12H,1-10,20H2,(H2,21,25);1H. The van der Waals surface area contributed by atoms with Crippen LogP contribution in [0.15, 0.2) is 11.2 Å². The lowest BCUT2D eigenvalue weighted by Gasteiger charge is -2.16. The van der Waals surface area contributed by atoms with Crippen molar-refractivity contribution in [3.63, 3.8) is 0 Å². The van der Waals surface area contributed by atoms with Crippen LogP contribution < -0.4 is 20.9 Å². The van der Waals surface area contributed by atoms with Gasteiger partial charge in [0.2, 0.25) is 5.91 Å². The van der Waals surface area contributed by atoms with E-state index in [4.69, 9.17) is 26.5 Å². The van der Waals surface area contributed by atoms with Crippen LogP contribution in [-0.2, 0) is 11.2 Å². The maximum Gasteiger partial charge on any atom is 0.220 e. The summed E-state index contributed by atoms with van der Waals surface area (Å²) in [6, 6.07) is 1.20. The third-order valence-electron chi connectivity index (χ3n) is 4.65. The molecule has 1 unspecified atom stereocenters. The number of benzene rings is 1. The van der Waals surface area contributed by atoms with Crippen molar-refractivity contribution in [2.45, 2.75) is 44.9 Å². The second kappa shape index (κ2) is 12.3. The first-order valence-corrected chi connectivity index (χ1v) is 9.24. The summed E-state index contributed by atoms with van der Waals surface area (Å²) >= 11 is 0. The van der Waals surface area contributed by atoms with Crippen LogP contribution >= 0.6 is 12.4 Å². The van der Waals surface area contributed by atoms with Gasteiger partial charge in [-0.05, 0) is 31.3 Å². The summed E-state index contributed by atoms with van der Waals surface area (Å²) in [5, 5.41) is 3.36. The average molecular weight is 416 g/mol. The molecule has 0 aliphatic carbocycles. The highest BCUT2D eigenvalue weighted by Crippen LogP contribution is 2.43. The van der Waals surface area contributed by atoms with Gasteiger partial charge in [0.1, 0.15) is 23.0 Å². The molecule has 0 saturated carbocycles. The number of azide groups is 1. The van der Waals surface area contributed by atoms with Crippen molar-refractivity contribution in [3.8, 4) is 11.5 Å². The van der Waals surface area contributed by atoms with Crippen molar-refractivity contribution in [2.24, 2.45) is 22.5 Å². The van der Waals surface area contributed by atoms with Gasteiger partial charge in [-0.3, -0.25) is 4.79 Å². The Labute approximate surface area is 169 Å². The topological polar surface area (TPSA) is 136 Å². The van der Waals surface area contributed by atoms with Crippen LogP contribution in [0.4, 0.5) is 10.1 Å².